The van der Waals surface area contributed by atoms with Crippen LogP contribution >= 0.6 is 11.3 Å². The normalized spacial score (nSPS) is 15.7. The Labute approximate surface area is 116 Å². The summed E-state index contributed by atoms with van der Waals surface area (Å²) in [5.41, 5.74) is -1.03. The first-order valence-corrected chi connectivity index (χ1v) is 7.05. The zero-order valence-electron chi connectivity index (χ0n) is 11.0. The van der Waals surface area contributed by atoms with Crippen molar-refractivity contribution in [2.75, 3.05) is 6.54 Å². The van der Waals surface area contributed by atoms with Crippen molar-refractivity contribution in [2.45, 2.75) is 25.5 Å². The third-order valence-electron chi connectivity index (χ3n) is 3.11. The molecule has 2 atom stereocenters. The van der Waals surface area contributed by atoms with Gasteiger partial charge >= 0.3 is 0 Å². The van der Waals surface area contributed by atoms with Crippen molar-refractivity contribution in [1.82, 2.24) is 9.88 Å². The second-order valence-electron chi connectivity index (χ2n) is 4.78. The fourth-order valence-electron chi connectivity index (χ4n) is 1.82. The van der Waals surface area contributed by atoms with Crippen molar-refractivity contribution in [3.05, 3.63) is 46.9 Å². The van der Waals surface area contributed by atoms with Crippen LogP contribution in [0.3, 0.4) is 0 Å². The predicted molar refractivity (Wildman–Crippen MR) is 76.0 cm³/mol. The van der Waals surface area contributed by atoms with Crippen LogP contribution in [-0.4, -0.2) is 22.1 Å². The molecule has 0 spiro atoms. The Morgan fingerprint density at radius 3 is 2.74 bits per heavy atom. The Morgan fingerprint density at radius 1 is 1.47 bits per heavy atom. The van der Waals surface area contributed by atoms with Gasteiger partial charge in [-0.3, -0.25) is 4.79 Å². The zero-order chi connectivity index (χ0) is 13.9. The van der Waals surface area contributed by atoms with E-state index in [1.165, 1.54) is 11.3 Å². The topological polar surface area (TPSA) is 54.3 Å². The molecule has 2 aromatic rings. The molecule has 0 aliphatic rings. The van der Waals surface area contributed by atoms with E-state index in [0.29, 0.717) is 0 Å². The summed E-state index contributed by atoms with van der Waals surface area (Å²) in [7, 11) is 0. The predicted octanol–water partition coefficient (Wildman–Crippen LogP) is 2.13. The van der Waals surface area contributed by atoms with Gasteiger partial charge < -0.3 is 15.0 Å². The lowest BCUT2D eigenvalue weighted by Gasteiger charge is -2.23. The maximum absolute atomic E-state index is 12.0. The van der Waals surface area contributed by atoms with E-state index >= 15 is 0 Å². The lowest BCUT2D eigenvalue weighted by atomic mass is 10.1. The molecule has 2 heterocycles. The molecule has 0 fully saturated rings. The van der Waals surface area contributed by atoms with Crippen LogP contribution < -0.4 is 5.32 Å². The summed E-state index contributed by atoms with van der Waals surface area (Å²) in [4.78, 5) is 12.9. The molecule has 0 aliphatic heterocycles. The van der Waals surface area contributed by atoms with E-state index in [2.05, 4.69) is 5.32 Å². The highest BCUT2D eigenvalue weighted by Crippen LogP contribution is 2.24. The van der Waals surface area contributed by atoms with Crippen LogP contribution in [0.15, 0.2) is 42.0 Å². The fraction of sp³-hybridized carbons (Fsp3) is 0.357. The van der Waals surface area contributed by atoms with Gasteiger partial charge in [-0.25, -0.2) is 0 Å². The highest BCUT2D eigenvalue weighted by atomic mass is 32.1. The molecule has 5 heteroatoms. The molecule has 19 heavy (non-hydrogen) atoms. The average molecular weight is 278 g/mol. The summed E-state index contributed by atoms with van der Waals surface area (Å²) < 4.78 is 1.83. The molecule has 1 amide bonds. The molecule has 2 rings (SSSR count). The third kappa shape index (κ3) is 3.24. The summed E-state index contributed by atoms with van der Waals surface area (Å²) in [5, 5.41) is 15.0. The van der Waals surface area contributed by atoms with Gasteiger partial charge in [-0.1, -0.05) is 6.07 Å². The number of carbonyl (C=O) groups excluding carboxylic acids is 1. The minimum Gasteiger partial charge on any atom is -0.383 e. The van der Waals surface area contributed by atoms with Crippen LogP contribution in [0.25, 0.3) is 0 Å². The molecule has 0 bridgehead atoms. The number of nitrogens with zero attached hydrogens (tertiary/aromatic N) is 1. The number of hydrogen-bond donors (Lipinski definition) is 2. The number of carbonyl (C=O) groups is 1. The van der Waals surface area contributed by atoms with Crippen molar-refractivity contribution < 1.29 is 9.90 Å². The Kier molecular flexibility index (Phi) is 4.07. The molecule has 2 N–H and O–H groups in total. The Balaban J connectivity index is 1.94. The summed E-state index contributed by atoms with van der Waals surface area (Å²) in [5.74, 6) is -0.104. The van der Waals surface area contributed by atoms with Crippen molar-refractivity contribution in [2.24, 2.45) is 0 Å². The first kappa shape index (κ1) is 13.8. The molecule has 102 valence electrons. The van der Waals surface area contributed by atoms with Crippen molar-refractivity contribution in [1.29, 1.82) is 0 Å². The quantitative estimate of drug-likeness (QED) is 0.880. The van der Waals surface area contributed by atoms with Gasteiger partial charge in [0, 0.05) is 17.3 Å². The van der Waals surface area contributed by atoms with Crippen LogP contribution in [0, 0.1) is 0 Å². The standard InChI is InChI=1S/C14H18N2O2S/c1-11(16-7-3-4-8-16)13(17)15-10-14(2,18)12-6-5-9-19-12/h3-9,11,18H,10H2,1-2H3,(H,15,17). The van der Waals surface area contributed by atoms with Crippen molar-refractivity contribution in [3.8, 4) is 0 Å². The van der Waals surface area contributed by atoms with Gasteiger partial charge in [0.2, 0.25) is 5.91 Å². The van der Waals surface area contributed by atoms with E-state index in [0.717, 1.165) is 4.88 Å². The Bertz CT molecular complexity index is 518. The lowest BCUT2D eigenvalue weighted by molar-refractivity contribution is -0.125. The van der Waals surface area contributed by atoms with Gasteiger partial charge in [-0.15, -0.1) is 11.3 Å². The summed E-state index contributed by atoms with van der Waals surface area (Å²) in [6.45, 7) is 3.74. The minimum atomic E-state index is -1.03. The molecule has 0 saturated heterocycles. The van der Waals surface area contributed by atoms with E-state index < -0.39 is 5.60 Å². The molecule has 0 radical (unpaired) electrons. The van der Waals surface area contributed by atoms with E-state index in [-0.39, 0.29) is 18.5 Å². The molecule has 0 aromatic carbocycles. The number of aliphatic hydroxyl groups is 1. The molecule has 0 saturated carbocycles. The van der Waals surface area contributed by atoms with E-state index in [9.17, 15) is 9.90 Å². The molecular weight excluding hydrogens is 260 g/mol. The Hall–Kier alpha value is -1.59. The molecular formula is C14H18N2O2S. The second kappa shape index (κ2) is 5.59. The summed E-state index contributed by atoms with van der Waals surface area (Å²) in [6, 6.07) is 7.23. The van der Waals surface area contributed by atoms with Crippen molar-refractivity contribution >= 4 is 17.2 Å². The van der Waals surface area contributed by atoms with Gasteiger partial charge in [-0.2, -0.15) is 0 Å². The lowest BCUT2D eigenvalue weighted by Crippen LogP contribution is -2.40. The Morgan fingerprint density at radius 2 is 2.16 bits per heavy atom. The maximum Gasteiger partial charge on any atom is 0.242 e. The highest BCUT2D eigenvalue weighted by Gasteiger charge is 2.26. The van der Waals surface area contributed by atoms with Crippen LogP contribution in [0.2, 0.25) is 0 Å². The van der Waals surface area contributed by atoms with Crippen LogP contribution in [0.1, 0.15) is 24.8 Å². The van der Waals surface area contributed by atoms with E-state index in [4.69, 9.17) is 0 Å². The average Bonchev–Trinajstić information content (AvgIpc) is 3.06. The maximum atomic E-state index is 12.0. The first-order valence-electron chi connectivity index (χ1n) is 6.17. The minimum absolute atomic E-state index is 0.104. The highest BCUT2D eigenvalue weighted by molar-refractivity contribution is 7.10. The molecule has 2 aromatic heterocycles. The van der Waals surface area contributed by atoms with Gasteiger partial charge in [-0.05, 0) is 37.4 Å². The number of nitrogens with one attached hydrogen (secondary N) is 1. The molecule has 4 nitrogen and oxygen atoms in total. The van der Waals surface area contributed by atoms with Crippen LogP contribution in [-0.2, 0) is 10.4 Å². The first-order chi connectivity index (χ1) is 9.00. The van der Waals surface area contributed by atoms with Gasteiger partial charge in [0.05, 0.1) is 6.54 Å². The van der Waals surface area contributed by atoms with E-state index in [1.54, 1.807) is 6.92 Å². The monoisotopic (exact) mass is 278 g/mol. The van der Waals surface area contributed by atoms with Crippen molar-refractivity contribution in [3.63, 3.8) is 0 Å². The summed E-state index contributed by atoms with van der Waals surface area (Å²) in [6.07, 6.45) is 3.70. The third-order valence-corrected chi connectivity index (χ3v) is 4.24. The second-order valence-corrected chi connectivity index (χ2v) is 5.72. The summed E-state index contributed by atoms with van der Waals surface area (Å²) >= 11 is 1.48. The van der Waals surface area contributed by atoms with E-state index in [1.807, 2.05) is 53.5 Å². The molecule has 0 aliphatic carbocycles. The zero-order valence-corrected chi connectivity index (χ0v) is 11.9. The van der Waals surface area contributed by atoms with Gasteiger partial charge in [0.15, 0.2) is 0 Å². The number of hydrogen-bond acceptors (Lipinski definition) is 3. The number of rotatable bonds is 5. The SMILES string of the molecule is CC(C(=O)NCC(C)(O)c1cccs1)n1cccc1. The fourth-order valence-corrected chi connectivity index (χ4v) is 2.61. The van der Waals surface area contributed by atoms with Gasteiger partial charge in [0.25, 0.3) is 0 Å². The smallest absolute Gasteiger partial charge is 0.242 e. The number of thiophene rings is 1. The van der Waals surface area contributed by atoms with Crippen LogP contribution in [0.4, 0.5) is 0 Å². The van der Waals surface area contributed by atoms with Gasteiger partial charge in [0.1, 0.15) is 11.6 Å². The largest absolute Gasteiger partial charge is 0.383 e. The molecule has 2 unspecified atom stereocenters. The number of aromatic nitrogens is 1. The van der Waals surface area contributed by atoms with Crippen LogP contribution in [0.5, 0.6) is 0 Å². The number of amides is 1.